The summed E-state index contributed by atoms with van der Waals surface area (Å²) >= 11 is 0. The van der Waals surface area contributed by atoms with Crippen LogP contribution in [0, 0.1) is 11.3 Å². The summed E-state index contributed by atoms with van der Waals surface area (Å²) in [7, 11) is 0. The molecule has 0 aliphatic carbocycles. The summed E-state index contributed by atoms with van der Waals surface area (Å²) in [5.74, 6) is 1.40. The molecule has 0 spiro atoms. The van der Waals surface area contributed by atoms with Crippen molar-refractivity contribution in [3.05, 3.63) is 0 Å². The lowest BCUT2D eigenvalue weighted by molar-refractivity contribution is 0.0300. The number of nitrogens with one attached hydrogen (secondary N) is 1. The van der Waals surface area contributed by atoms with E-state index in [0.717, 1.165) is 25.6 Å². The first-order valence-electron chi connectivity index (χ1n) is 8.13. The van der Waals surface area contributed by atoms with Gasteiger partial charge in [-0.3, -0.25) is 4.99 Å². The molecule has 2 N–H and O–H groups in total. The molecule has 1 aliphatic heterocycles. The third-order valence-corrected chi connectivity index (χ3v) is 3.53. The standard InChI is InChI=1S/C16H33N3O2/c1-6-17-15(19-8-7-16(4,5)12-19)18-9-14(20)11-21-10-13(2)3/h13-14,20H,6-12H2,1-5H3,(H,17,18). The van der Waals surface area contributed by atoms with Crippen LogP contribution in [0.5, 0.6) is 0 Å². The van der Waals surface area contributed by atoms with Crippen molar-refractivity contribution in [1.29, 1.82) is 0 Å². The van der Waals surface area contributed by atoms with E-state index in [-0.39, 0.29) is 0 Å². The van der Waals surface area contributed by atoms with Crippen LogP contribution in [0.1, 0.15) is 41.0 Å². The Labute approximate surface area is 129 Å². The fraction of sp³-hybridized carbons (Fsp3) is 0.938. The Morgan fingerprint density at radius 2 is 2.10 bits per heavy atom. The van der Waals surface area contributed by atoms with E-state index in [1.807, 2.05) is 0 Å². The summed E-state index contributed by atoms with van der Waals surface area (Å²) in [5.41, 5.74) is 0.342. The van der Waals surface area contributed by atoms with Gasteiger partial charge in [0.1, 0.15) is 0 Å². The van der Waals surface area contributed by atoms with Gasteiger partial charge >= 0.3 is 0 Å². The Hall–Kier alpha value is -0.810. The largest absolute Gasteiger partial charge is 0.389 e. The van der Waals surface area contributed by atoms with Crippen molar-refractivity contribution in [3.63, 3.8) is 0 Å². The summed E-state index contributed by atoms with van der Waals surface area (Å²) in [6.07, 6.45) is 0.644. The number of hydrogen-bond acceptors (Lipinski definition) is 3. The zero-order valence-electron chi connectivity index (χ0n) is 14.4. The number of hydrogen-bond donors (Lipinski definition) is 2. The SMILES string of the molecule is CCNC(=NCC(O)COCC(C)C)N1CCC(C)(C)C1. The number of aliphatic hydroxyl groups is 1. The maximum Gasteiger partial charge on any atom is 0.194 e. The van der Waals surface area contributed by atoms with Crippen LogP contribution in [0.4, 0.5) is 0 Å². The second-order valence-electron chi connectivity index (χ2n) is 7.12. The summed E-state index contributed by atoms with van der Waals surface area (Å²) in [5, 5.41) is 13.3. The van der Waals surface area contributed by atoms with E-state index >= 15 is 0 Å². The number of likely N-dealkylation sites (tertiary alicyclic amines) is 1. The van der Waals surface area contributed by atoms with E-state index in [4.69, 9.17) is 4.74 Å². The van der Waals surface area contributed by atoms with Crippen LogP contribution < -0.4 is 5.32 Å². The Kier molecular flexibility index (Phi) is 7.46. The van der Waals surface area contributed by atoms with Gasteiger partial charge in [-0.1, -0.05) is 27.7 Å². The molecule has 0 aromatic rings. The minimum Gasteiger partial charge on any atom is -0.389 e. The Bertz CT molecular complexity index is 329. The topological polar surface area (TPSA) is 57.1 Å². The van der Waals surface area contributed by atoms with Crippen molar-refractivity contribution < 1.29 is 9.84 Å². The molecule has 1 rings (SSSR count). The molecule has 0 radical (unpaired) electrons. The normalized spacial score (nSPS) is 20.1. The number of aliphatic hydroxyl groups excluding tert-OH is 1. The maximum atomic E-state index is 9.95. The predicted octanol–water partition coefficient (Wildman–Crippen LogP) is 1.72. The Morgan fingerprint density at radius 1 is 1.38 bits per heavy atom. The van der Waals surface area contributed by atoms with Gasteiger partial charge < -0.3 is 20.1 Å². The van der Waals surface area contributed by atoms with Crippen molar-refractivity contribution in [1.82, 2.24) is 10.2 Å². The smallest absolute Gasteiger partial charge is 0.194 e. The molecule has 1 unspecified atom stereocenters. The third kappa shape index (κ3) is 7.14. The highest BCUT2D eigenvalue weighted by molar-refractivity contribution is 5.80. The highest BCUT2D eigenvalue weighted by Crippen LogP contribution is 2.28. The predicted molar refractivity (Wildman–Crippen MR) is 87.6 cm³/mol. The van der Waals surface area contributed by atoms with Crippen LogP contribution in [0.2, 0.25) is 0 Å². The molecule has 0 saturated carbocycles. The molecular formula is C16H33N3O2. The summed E-state index contributed by atoms with van der Waals surface area (Å²) in [4.78, 5) is 6.84. The lowest BCUT2D eigenvalue weighted by Gasteiger charge is -2.24. The van der Waals surface area contributed by atoms with Gasteiger partial charge in [0.15, 0.2) is 5.96 Å². The van der Waals surface area contributed by atoms with E-state index in [1.54, 1.807) is 0 Å². The lowest BCUT2D eigenvalue weighted by Crippen LogP contribution is -2.41. The summed E-state index contributed by atoms with van der Waals surface area (Å²) in [6.45, 7) is 15.1. The van der Waals surface area contributed by atoms with Crippen LogP contribution in [0.3, 0.4) is 0 Å². The third-order valence-electron chi connectivity index (χ3n) is 3.53. The van der Waals surface area contributed by atoms with Crippen LogP contribution in [-0.4, -0.2) is 61.5 Å². The molecule has 1 heterocycles. The average Bonchev–Trinajstić information content (AvgIpc) is 2.74. The van der Waals surface area contributed by atoms with Gasteiger partial charge in [-0.2, -0.15) is 0 Å². The minimum atomic E-state index is -0.534. The average molecular weight is 299 g/mol. The molecular weight excluding hydrogens is 266 g/mol. The van der Waals surface area contributed by atoms with E-state index in [2.05, 4.69) is 49.8 Å². The van der Waals surface area contributed by atoms with Crippen LogP contribution >= 0.6 is 0 Å². The first-order valence-corrected chi connectivity index (χ1v) is 8.13. The molecule has 21 heavy (non-hydrogen) atoms. The van der Waals surface area contributed by atoms with Gasteiger partial charge in [-0.05, 0) is 24.7 Å². The first-order chi connectivity index (χ1) is 9.84. The van der Waals surface area contributed by atoms with E-state index < -0.39 is 6.10 Å². The zero-order chi connectivity index (χ0) is 15.9. The molecule has 1 aliphatic rings. The summed E-state index contributed by atoms with van der Waals surface area (Å²) in [6, 6.07) is 0. The highest BCUT2D eigenvalue weighted by atomic mass is 16.5. The minimum absolute atomic E-state index is 0.342. The van der Waals surface area contributed by atoms with Gasteiger partial charge in [0.25, 0.3) is 0 Å². The van der Waals surface area contributed by atoms with Gasteiger partial charge in [0.05, 0.1) is 19.3 Å². The number of ether oxygens (including phenoxy) is 1. The zero-order valence-corrected chi connectivity index (χ0v) is 14.4. The fourth-order valence-electron chi connectivity index (χ4n) is 2.40. The number of aliphatic imine (C=N–C) groups is 1. The molecule has 0 aromatic heterocycles. The second kappa shape index (κ2) is 8.59. The number of rotatable bonds is 7. The van der Waals surface area contributed by atoms with Crippen molar-refractivity contribution in [3.8, 4) is 0 Å². The van der Waals surface area contributed by atoms with Gasteiger partial charge in [-0.25, -0.2) is 0 Å². The van der Waals surface area contributed by atoms with Crippen molar-refractivity contribution in [2.45, 2.75) is 47.1 Å². The van der Waals surface area contributed by atoms with Gasteiger partial charge in [0, 0.05) is 26.2 Å². The second-order valence-corrected chi connectivity index (χ2v) is 7.12. The van der Waals surface area contributed by atoms with Crippen LogP contribution in [0.25, 0.3) is 0 Å². The van der Waals surface area contributed by atoms with Crippen LogP contribution in [-0.2, 0) is 4.74 Å². The molecule has 1 atom stereocenters. The van der Waals surface area contributed by atoms with E-state index in [1.165, 1.54) is 6.42 Å². The van der Waals surface area contributed by atoms with E-state index in [0.29, 0.717) is 31.1 Å². The molecule has 124 valence electrons. The van der Waals surface area contributed by atoms with Gasteiger partial charge in [0.2, 0.25) is 0 Å². The maximum absolute atomic E-state index is 9.95. The monoisotopic (exact) mass is 299 g/mol. The molecule has 0 bridgehead atoms. The van der Waals surface area contributed by atoms with Crippen LogP contribution in [0.15, 0.2) is 4.99 Å². The van der Waals surface area contributed by atoms with Crippen molar-refractivity contribution in [2.24, 2.45) is 16.3 Å². The quantitative estimate of drug-likeness (QED) is 0.555. The molecule has 5 nitrogen and oxygen atoms in total. The fourth-order valence-corrected chi connectivity index (χ4v) is 2.40. The Morgan fingerprint density at radius 3 is 2.62 bits per heavy atom. The molecule has 0 amide bonds. The molecule has 5 heteroatoms. The molecule has 1 fully saturated rings. The Balaban J connectivity index is 2.44. The van der Waals surface area contributed by atoms with Crippen molar-refractivity contribution >= 4 is 5.96 Å². The van der Waals surface area contributed by atoms with Gasteiger partial charge in [-0.15, -0.1) is 0 Å². The van der Waals surface area contributed by atoms with Crippen molar-refractivity contribution in [2.75, 3.05) is 39.4 Å². The highest BCUT2D eigenvalue weighted by Gasteiger charge is 2.30. The van der Waals surface area contributed by atoms with E-state index in [9.17, 15) is 5.11 Å². The molecule has 0 aromatic carbocycles. The number of nitrogens with zero attached hydrogens (tertiary/aromatic N) is 2. The number of guanidine groups is 1. The summed E-state index contributed by atoms with van der Waals surface area (Å²) < 4.78 is 5.45. The lowest BCUT2D eigenvalue weighted by atomic mass is 9.93. The first kappa shape index (κ1) is 18.2. The molecule has 1 saturated heterocycles.